The van der Waals surface area contributed by atoms with E-state index in [0.717, 1.165) is 17.7 Å². The molecule has 0 radical (unpaired) electrons. The van der Waals surface area contributed by atoms with E-state index in [0.29, 0.717) is 27.5 Å². The van der Waals surface area contributed by atoms with Crippen LogP contribution in [0.2, 0.25) is 5.02 Å². The van der Waals surface area contributed by atoms with Gasteiger partial charge < -0.3 is 4.74 Å². The van der Waals surface area contributed by atoms with Crippen LogP contribution in [-0.2, 0) is 4.79 Å². The normalized spacial score (nSPS) is 17.0. The number of rotatable bonds is 5. The van der Waals surface area contributed by atoms with Crippen molar-refractivity contribution in [3.63, 3.8) is 0 Å². The van der Waals surface area contributed by atoms with Gasteiger partial charge in [-0.1, -0.05) is 24.6 Å². The molecule has 2 aromatic rings. The number of ether oxygens (including phenoxy) is 1. The SMILES string of the molecule is CCCOc1ccc(Cl)cc1/C=C1/SC(=Nc2ccc(C)c(C)c2)N(C)C1=O. The quantitative estimate of drug-likeness (QED) is 0.565. The van der Waals surface area contributed by atoms with Crippen LogP contribution in [0.3, 0.4) is 0 Å². The Kier molecular flexibility index (Phi) is 6.47. The molecule has 4 nitrogen and oxygen atoms in total. The van der Waals surface area contributed by atoms with Gasteiger partial charge in [-0.3, -0.25) is 9.69 Å². The van der Waals surface area contributed by atoms with Crippen molar-refractivity contribution < 1.29 is 9.53 Å². The van der Waals surface area contributed by atoms with Crippen molar-refractivity contribution in [3.8, 4) is 5.75 Å². The Morgan fingerprint density at radius 1 is 1.18 bits per heavy atom. The van der Waals surface area contributed by atoms with E-state index in [9.17, 15) is 4.79 Å². The Morgan fingerprint density at radius 2 is 1.96 bits per heavy atom. The number of benzene rings is 2. The lowest BCUT2D eigenvalue weighted by atomic mass is 10.1. The van der Waals surface area contributed by atoms with Gasteiger partial charge in [-0.2, -0.15) is 0 Å². The van der Waals surface area contributed by atoms with Crippen LogP contribution in [0.1, 0.15) is 30.0 Å². The first-order valence-corrected chi connectivity index (χ1v) is 10.3. The van der Waals surface area contributed by atoms with Gasteiger partial charge in [0.25, 0.3) is 5.91 Å². The van der Waals surface area contributed by atoms with Gasteiger partial charge in [-0.05, 0) is 79.6 Å². The standard InChI is InChI=1S/C22H23ClN2O2S/c1-5-10-27-19-9-7-17(23)12-16(19)13-20-21(26)25(4)22(28-20)24-18-8-6-14(2)15(3)11-18/h6-9,11-13H,5,10H2,1-4H3/b20-13+,24-22?. The third kappa shape index (κ3) is 4.59. The first-order chi connectivity index (χ1) is 13.4. The Hall–Kier alpha value is -2.24. The highest BCUT2D eigenvalue weighted by Gasteiger charge is 2.30. The number of halogens is 1. The van der Waals surface area contributed by atoms with Crippen LogP contribution >= 0.6 is 23.4 Å². The summed E-state index contributed by atoms with van der Waals surface area (Å²) in [6.45, 7) is 6.78. The van der Waals surface area contributed by atoms with Crippen LogP contribution < -0.4 is 4.74 Å². The van der Waals surface area contributed by atoms with Crippen LogP contribution in [0.15, 0.2) is 46.3 Å². The summed E-state index contributed by atoms with van der Waals surface area (Å²) in [5, 5.41) is 1.25. The summed E-state index contributed by atoms with van der Waals surface area (Å²) in [4.78, 5) is 19.5. The number of carbonyl (C=O) groups is 1. The van der Waals surface area contributed by atoms with Crippen molar-refractivity contribution in [1.29, 1.82) is 0 Å². The van der Waals surface area contributed by atoms with E-state index in [4.69, 9.17) is 16.3 Å². The van der Waals surface area contributed by atoms with Gasteiger partial charge in [0.2, 0.25) is 0 Å². The molecule has 1 fully saturated rings. The molecular formula is C22H23ClN2O2S. The molecule has 0 atom stereocenters. The zero-order valence-electron chi connectivity index (χ0n) is 16.5. The molecule has 1 aliphatic rings. The zero-order valence-corrected chi connectivity index (χ0v) is 18.0. The third-order valence-corrected chi connectivity index (χ3v) is 5.73. The highest BCUT2D eigenvalue weighted by molar-refractivity contribution is 8.18. The topological polar surface area (TPSA) is 41.9 Å². The molecule has 1 saturated heterocycles. The summed E-state index contributed by atoms with van der Waals surface area (Å²) in [7, 11) is 1.74. The lowest BCUT2D eigenvalue weighted by molar-refractivity contribution is -0.121. The minimum absolute atomic E-state index is 0.0889. The number of thioether (sulfide) groups is 1. The number of amides is 1. The number of amidine groups is 1. The van der Waals surface area contributed by atoms with Gasteiger partial charge in [0, 0.05) is 17.6 Å². The molecule has 2 aromatic carbocycles. The number of nitrogens with zero attached hydrogens (tertiary/aromatic N) is 2. The van der Waals surface area contributed by atoms with Crippen molar-refractivity contribution in [2.24, 2.45) is 4.99 Å². The third-order valence-electron chi connectivity index (χ3n) is 4.44. The smallest absolute Gasteiger partial charge is 0.266 e. The molecule has 0 N–H and O–H groups in total. The Morgan fingerprint density at radius 3 is 2.68 bits per heavy atom. The average Bonchev–Trinajstić information content (AvgIpc) is 2.92. The molecule has 0 aliphatic carbocycles. The van der Waals surface area contributed by atoms with E-state index in [1.54, 1.807) is 18.0 Å². The summed E-state index contributed by atoms with van der Waals surface area (Å²) in [6, 6.07) is 11.5. The number of aliphatic imine (C=N–C) groups is 1. The molecule has 1 heterocycles. The summed E-state index contributed by atoms with van der Waals surface area (Å²) >= 11 is 7.51. The molecule has 0 spiro atoms. The van der Waals surface area contributed by atoms with E-state index >= 15 is 0 Å². The van der Waals surface area contributed by atoms with Gasteiger partial charge in [-0.15, -0.1) is 0 Å². The van der Waals surface area contributed by atoms with E-state index in [1.165, 1.54) is 22.9 Å². The number of hydrogen-bond donors (Lipinski definition) is 0. The Balaban J connectivity index is 1.92. The van der Waals surface area contributed by atoms with Crippen molar-refractivity contribution in [2.45, 2.75) is 27.2 Å². The Bertz CT molecular complexity index is 969. The van der Waals surface area contributed by atoms with Crippen LogP contribution in [0.25, 0.3) is 6.08 Å². The predicted octanol–water partition coefficient (Wildman–Crippen LogP) is 5.98. The lowest BCUT2D eigenvalue weighted by Crippen LogP contribution is -2.23. The van der Waals surface area contributed by atoms with Gasteiger partial charge in [0.05, 0.1) is 17.2 Å². The lowest BCUT2D eigenvalue weighted by Gasteiger charge is -2.09. The first kappa shape index (κ1) is 20.5. The molecule has 146 valence electrons. The molecule has 0 unspecified atom stereocenters. The fraction of sp³-hybridized carbons (Fsp3) is 0.273. The molecule has 3 rings (SSSR count). The fourth-order valence-corrected chi connectivity index (χ4v) is 3.83. The first-order valence-electron chi connectivity index (χ1n) is 9.15. The summed E-state index contributed by atoms with van der Waals surface area (Å²) in [6.07, 6.45) is 2.73. The summed E-state index contributed by atoms with van der Waals surface area (Å²) in [5.41, 5.74) is 4.01. The molecular weight excluding hydrogens is 392 g/mol. The second-order valence-electron chi connectivity index (χ2n) is 6.67. The van der Waals surface area contributed by atoms with E-state index < -0.39 is 0 Å². The highest BCUT2D eigenvalue weighted by atomic mass is 35.5. The molecule has 28 heavy (non-hydrogen) atoms. The maximum atomic E-state index is 12.7. The second kappa shape index (κ2) is 8.84. The number of aryl methyl sites for hydroxylation is 2. The summed E-state index contributed by atoms with van der Waals surface area (Å²) in [5.74, 6) is 0.628. The highest BCUT2D eigenvalue weighted by Crippen LogP contribution is 2.35. The monoisotopic (exact) mass is 414 g/mol. The maximum absolute atomic E-state index is 12.7. The van der Waals surface area contributed by atoms with Gasteiger partial charge in [0.1, 0.15) is 5.75 Å². The Labute approximate surface area is 175 Å². The van der Waals surface area contributed by atoms with Crippen molar-refractivity contribution in [1.82, 2.24) is 4.90 Å². The molecule has 6 heteroatoms. The van der Waals surface area contributed by atoms with E-state index in [1.807, 2.05) is 36.4 Å². The number of likely N-dealkylation sites (N-methyl/N-ethyl adjacent to an activating group) is 1. The molecule has 0 bridgehead atoms. The minimum atomic E-state index is -0.0889. The van der Waals surface area contributed by atoms with Gasteiger partial charge in [-0.25, -0.2) is 4.99 Å². The van der Waals surface area contributed by atoms with Crippen LogP contribution in [0, 0.1) is 13.8 Å². The van der Waals surface area contributed by atoms with Crippen LogP contribution in [0.5, 0.6) is 5.75 Å². The largest absolute Gasteiger partial charge is 0.493 e. The van der Waals surface area contributed by atoms with Crippen LogP contribution in [-0.4, -0.2) is 29.6 Å². The zero-order chi connectivity index (χ0) is 20.3. The second-order valence-corrected chi connectivity index (χ2v) is 8.11. The molecule has 1 aliphatic heterocycles. The number of carbonyl (C=O) groups excluding carboxylic acids is 1. The summed E-state index contributed by atoms with van der Waals surface area (Å²) < 4.78 is 5.79. The van der Waals surface area contributed by atoms with Crippen molar-refractivity contribution >= 4 is 46.2 Å². The van der Waals surface area contributed by atoms with Crippen molar-refractivity contribution in [2.75, 3.05) is 13.7 Å². The van der Waals surface area contributed by atoms with Crippen LogP contribution in [0.4, 0.5) is 5.69 Å². The van der Waals surface area contributed by atoms with E-state index in [2.05, 4.69) is 25.8 Å². The maximum Gasteiger partial charge on any atom is 0.266 e. The van der Waals surface area contributed by atoms with Crippen molar-refractivity contribution in [3.05, 3.63) is 63.0 Å². The fourth-order valence-electron chi connectivity index (χ4n) is 2.67. The predicted molar refractivity (Wildman–Crippen MR) is 119 cm³/mol. The molecule has 0 aromatic heterocycles. The molecule has 0 saturated carbocycles. The average molecular weight is 415 g/mol. The van der Waals surface area contributed by atoms with Gasteiger partial charge >= 0.3 is 0 Å². The van der Waals surface area contributed by atoms with E-state index in [-0.39, 0.29) is 5.91 Å². The minimum Gasteiger partial charge on any atom is -0.493 e. The number of hydrogen-bond acceptors (Lipinski definition) is 4. The van der Waals surface area contributed by atoms with Gasteiger partial charge in [0.15, 0.2) is 5.17 Å². The molecule has 1 amide bonds.